The maximum absolute atomic E-state index is 4.76. The zero-order chi connectivity index (χ0) is 14.8. The van der Waals surface area contributed by atoms with E-state index in [-0.39, 0.29) is 0 Å². The molecule has 1 unspecified atom stereocenters. The van der Waals surface area contributed by atoms with E-state index in [1.54, 1.807) is 11.3 Å². The number of nitrogens with one attached hydrogen (secondary N) is 1. The summed E-state index contributed by atoms with van der Waals surface area (Å²) in [7, 11) is 0. The smallest absolute Gasteiger partial charge is 0.123 e. The first-order chi connectivity index (χ1) is 10.2. The molecule has 1 atom stereocenters. The maximum atomic E-state index is 4.76. The zero-order valence-electron chi connectivity index (χ0n) is 12.6. The third kappa shape index (κ3) is 2.96. The second kappa shape index (κ2) is 5.92. The molecule has 0 saturated carbocycles. The molecule has 0 fully saturated rings. The van der Waals surface area contributed by atoms with Crippen molar-refractivity contribution >= 4 is 22.2 Å². The summed E-state index contributed by atoms with van der Waals surface area (Å²) < 4.78 is 0. The van der Waals surface area contributed by atoms with E-state index in [0.29, 0.717) is 6.04 Å². The Kier molecular flexibility index (Phi) is 3.99. The molecular formula is C17H19N3S. The van der Waals surface area contributed by atoms with Crippen LogP contribution in [0.3, 0.4) is 0 Å². The summed E-state index contributed by atoms with van der Waals surface area (Å²) in [5.41, 5.74) is 4.36. The Morgan fingerprint density at radius 1 is 1.19 bits per heavy atom. The lowest BCUT2D eigenvalue weighted by molar-refractivity contribution is 0.587. The molecule has 0 radical (unpaired) electrons. The molecule has 0 aliphatic carbocycles. The molecule has 3 rings (SSSR count). The van der Waals surface area contributed by atoms with E-state index in [1.165, 1.54) is 0 Å². The molecule has 0 aliphatic rings. The number of hydrogen-bond donors (Lipinski definition) is 1. The van der Waals surface area contributed by atoms with Crippen LogP contribution in [0.25, 0.3) is 21.5 Å². The van der Waals surface area contributed by atoms with Gasteiger partial charge in [-0.2, -0.15) is 0 Å². The Hall–Kier alpha value is -1.78. The fraction of sp³-hybridized carbons (Fsp3) is 0.294. The van der Waals surface area contributed by atoms with Crippen LogP contribution in [0, 0.1) is 6.92 Å². The van der Waals surface area contributed by atoms with Crippen molar-refractivity contribution < 1.29 is 0 Å². The number of aromatic nitrogens is 2. The lowest BCUT2D eigenvalue weighted by Crippen LogP contribution is -2.17. The third-order valence-electron chi connectivity index (χ3n) is 3.55. The van der Waals surface area contributed by atoms with Gasteiger partial charge in [0.1, 0.15) is 5.01 Å². The quantitative estimate of drug-likeness (QED) is 0.778. The topological polar surface area (TPSA) is 37.8 Å². The van der Waals surface area contributed by atoms with Crippen molar-refractivity contribution in [1.29, 1.82) is 0 Å². The van der Waals surface area contributed by atoms with E-state index in [0.717, 1.165) is 39.4 Å². The highest BCUT2D eigenvalue weighted by molar-refractivity contribution is 7.13. The number of benzene rings is 1. The van der Waals surface area contributed by atoms with E-state index in [4.69, 9.17) is 4.98 Å². The molecule has 0 saturated heterocycles. The minimum absolute atomic E-state index is 0.296. The normalized spacial score (nSPS) is 12.7. The van der Waals surface area contributed by atoms with E-state index in [1.807, 2.05) is 13.0 Å². The van der Waals surface area contributed by atoms with Crippen LogP contribution in [0.2, 0.25) is 0 Å². The van der Waals surface area contributed by atoms with E-state index >= 15 is 0 Å². The molecule has 108 valence electrons. The molecule has 1 N–H and O–H groups in total. The molecular weight excluding hydrogens is 278 g/mol. The Balaban J connectivity index is 1.95. The average molecular weight is 297 g/mol. The van der Waals surface area contributed by atoms with Gasteiger partial charge in [-0.25, -0.2) is 4.98 Å². The SMILES string of the molecule is CCNC(C)c1csc(-c2ccc3nc(C)ccc3c2)n1. The van der Waals surface area contributed by atoms with Gasteiger partial charge in [-0.15, -0.1) is 11.3 Å². The average Bonchev–Trinajstić information content (AvgIpc) is 2.97. The first-order valence-electron chi connectivity index (χ1n) is 7.24. The summed E-state index contributed by atoms with van der Waals surface area (Å²) in [6.45, 7) is 7.23. The standard InChI is InChI=1S/C17H19N3S/c1-4-18-12(3)16-10-21-17(20-16)14-7-8-15-13(9-14)6-5-11(2)19-15/h5-10,12,18H,4H2,1-3H3. The fourth-order valence-corrected chi connectivity index (χ4v) is 3.30. The van der Waals surface area contributed by atoms with Gasteiger partial charge in [-0.1, -0.05) is 13.0 Å². The second-order valence-electron chi connectivity index (χ2n) is 5.22. The molecule has 3 aromatic rings. The van der Waals surface area contributed by atoms with Gasteiger partial charge in [-0.3, -0.25) is 4.98 Å². The molecule has 0 amide bonds. The van der Waals surface area contributed by atoms with Crippen LogP contribution in [0.15, 0.2) is 35.7 Å². The van der Waals surface area contributed by atoms with Gasteiger partial charge in [0.25, 0.3) is 0 Å². The highest BCUT2D eigenvalue weighted by Gasteiger charge is 2.10. The maximum Gasteiger partial charge on any atom is 0.123 e. The monoisotopic (exact) mass is 297 g/mol. The van der Waals surface area contributed by atoms with Crippen molar-refractivity contribution in [3.63, 3.8) is 0 Å². The zero-order valence-corrected chi connectivity index (χ0v) is 13.4. The van der Waals surface area contributed by atoms with Crippen LogP contribution in [-0.2, 0) is 0 Å². The van der Waals surface area contributed by atoms with Gasteiger partial charge < -0.3 is 5.32 Å². The highest BCUT2D eigenvalue weighted by atomic mass is 32.1. The molecule has 0 spiro atoms. The van der Waals surface area contributed by atoms with Crippen molar-refractivity contribution in [2.45, 2.75) is 26.8 Å². The van der Waals surface area contributed by atoms with Crippen molar-refractivity contribution in [1.82, 2.24) is 15.3 Å². The lowest BCUT2D eigenvalue weighted by Gasteiger charge is -2.08. The van der Waals surface area contributed by atoms with Crippen LogP contribution in [-0.4, -0.2) is 16.5 Å². The molecule has 2 heterocycles. The molecule has 0 aliphatic heterocycles. The largest absolute Gasteiger partial charge is 0.309 e. The summed E-state index contributed by atoms with van der Waals surface area (Å²) >= 11 is 1.70. The Bertz CT molecular complexity index is 764. The van der Waals surface area contributed by atoms with Crippen molar-refractivity contribution in [3.05, 3.63) is 47.1 Å². The number of hydrogen-bond acceptors (Lipinski definition) is 4. The predicted octanol–water partition coefficient (Wildman–Crippen LogP) is 4.34. The third-order valence-corrected chi connectivity index (χ3v) is 4.46. The van der Waals surface area contributed by atoms with Crippen molar-refractivity contribution in [2.75, 3.05) is 6.54 Å². The Morgan fingerprint density at radius 3 is 2.86 bits per heavy atom. The second-order valence-corrected chi connectivity index (χ2v) is 6.08. The molecule has 1 aromatic carbocycles. The number of nitrogens with zero attached hydrogens (tertiary/aromatic N) is 2. The van der Waals surface area contributed by atoms with Gasteiger partial charge in [0, 0.05) is 28.1 Å². The number of rotatable bonds is 4. The minimum Gasteiger partial charge on any atom is -0.309 e. The van der Waals surface area contributed by atoms with Gasteiger partial charge in [0.15, 0.2) is 0 Å². The molecule has 21 heavy (non-hydrogen) atoms. The predicted molar refractivity (Wildman–Crippen MR) is 89.7 cm³/mol. The van der Waals surface area contributed by atoms with Gasteiger partial charge in [0.2, 0.25) is 0 Å². The fourth-order valence-electron chi connectivity index (χ4n) is 2.39. The Labute approximate surface area is 129 Å². The summed E-state index contributed by atoms with van der Waals surface area (Å²) in [5.74, 6) is 0. The molecule has 0 bridgehead atoms. The molecule has 2 aromatic heterocycles. The number of aryl methyl sites for hydroxylation is 1. The lowest BCUT2D eigenvalue weighted by atomic mass is 10.1. The van der Waals surface area contributed by atoms with Crippen LogP contribution in [0.5, 0.6) is 0 Å². The molecule has 4 heteroatoms. The van der Waals surface area contributed by atoms with Crippen LogP contribution in [0.4, 0.5) is 0 Å². The van der Waals surface area contributed by atoms with Crippen molar-refractivity contribution in [2.24, 2.45) is 0 Å². The number of thiazole rings is 1. The summed E-state index contributed by atoms with van der Waals surface area (Å²) in [6.07, 6.45) is 0. The van der Waals surface area contributed by atoms with E-state index in [2.05, 4.69) is 53.8 Å². The van der Waals surface area contributed by atoms with E-state index in [9.17, 15) is 0 Å². The molecule has 3 nitrogen and oxygen atoms in total. The Morgan fingerprint density at radius 2 is 2.05 bits per heavy atom. The van der Waals surface area contributed by atoms with Crippen LogP contribution < -0.4 is 5.32 Å². The number of pyridine rings is 1. The highest BCUT2D eigenvalue weighted by Crippen LogP contribution is 2.28. The van der Waals surface area contributed by atoms with Crippen molar-refractivity contribution in [3.8, 4) is 10.6 Å². The van der Waals surface area contributed by atoms with Crippen LogP contribution >= 0.6 is 11.3 Å². The van der Waals surface area contributed by atoms with E-state index < -0.39 is 0 Å². The van der Waals surface area contributed by atoms with Gasteiger partial charge >= 0.3 is 0 Å². The van der Waals surface area contributed by atoms with Gasteiger partial charge in [-0.05, 0) is 44.7 Å². The summed E-state index contributed by atoms with van der Waals surface area (Å²) in [6, 6.07) is 10.8. The first-order valence-corrected chi connectivity index (χ1v) is 8.12. The first kappa shape index (κ1) is 14.2. The van der Waals surface area contributed by atoms with Gasteiger partial charge in [0.05, 0.1) is 11.2 Å². The summed E-state index contributed by atoms with van der Waals surface area (Å²) in [5, 5.41) is 7.76. The summed E-state index contributed by atoms with van der Waals surface area (Å²) in [4.78, 5) is 9.30. The van der Waals surface area contributed by atoms with Crippen LogP contribution in [0.1, 0.15) is 31.3 Å². The number of fused-ring (bicyclic) bond motifs is 1. The minimum atomic E-state index is 0.296.